The minimum Gasteiger partial charge on any atom is -0.504 e. The fourth-order valence-electron chi connectivity index (χ4n) is 3.39. The quantitative estimate of drug-likeness (QED) is 0.238. The molecule has 0 unspecified atom stereocenters. The lowest BCUT2D eigenvalue weighted by atomic mass is 9.99. The molecule has 2 heterocycles. The molecular formula is C21H20O11. The molecule has 0 amide bonds. The molecule has 4 rings (SSSR count). The number of carbonyl (C=O) groups is 1. The molecule has 2 aliphatic heterocycles. The fraction of sp³-hybridized carbons (Fsp3) is 0.286. The Kier molecular flexibility index (Phi) is 5.67. The van der Waals surface area contributed by atoms with Gasteiger partial charge >= 0.3 is 0 Å². The number of benzene rings is 2. The fourth-order valence-corrected chi connectivity index (χ4v) is 3.39. The van der Waals surface area contributed by atoms with E-state index in [9.17, 15) is 40.5 Å². The first-order chi connectivity index (χ1) is 15.2. The predicted octanol–water partition coefficient (Wildman–Crippen LogP) is -0.402. The molecule has 2 aliphatic rings. The van der Waals surface area contributed by atoms with Crippen LogP contribution in [0.5, 0.6) is 28.7 Å². The maximum absolute atomic E-state index is 12.6. The molecule has 1 saturated heterocycles. The van der Waals surface area contributed by atoms with Gasteiger partial charge in [-0.05, 0) is 35.9 Å². The third-order valence-electron chi connectivity index (χ3n) is 5.16. The van der Waals surface area contributed by atoms with Gasteiger partial charge in [0.15, 0.2) is 28.8 Å². The van der Waals surface area contributed by atoms with E-state index in [2.05, 4.69) is 0 Å². The first kappa shape index (κ1) is 21.9. The van der Waals surface area contributed by atoms with E-state index in [4.69, 9.17) is 14.2 Å². The maximum atomic E-state index is 12.6. The third kappa shape index (κ3) is 3.72. The summed E-state index contributed by atoms with van der Waals surface area (Å²) in [7, 11) is 0. The Hall–Kier alpha value is -3.35. The Morgan fingerprint density at radius 3 is 2.41 bits per heavy atom. The van der Waals surface area contributed by atoms with Gasteiger partial charge in [-0.15, -0.1) is 0 Å². The first-order valence-electron chi connectivity index (χ1n) is 9.50. The highest BCUT2D eigenvalue weighted by atomic mass is 16.7. The smallest absolute Gasteiger partial charge is 0.232 e. The van der Waals surface area contributed by atoms with E-state index >= 15 is 0 Å². The van der Waals surface area contributed by atoms with Crippen LogP contribution in [0.3, 0.4) is 0 Å². The number of fused-ring (bicyclic) bond motifs is 1. The van der Waals surface area contributed by atoms with Crippen molar-refractivity contribution in [3.63, 3.8) is 0 Å². The second kappa shape index (κ2) is 8.30. The van der Waals surface area contributed by atoms with Gasteiger partial charge in [-0.2, -0.15) is 0 Å². The normalized spacial score (nSPS) is 28.4. The van der Waals surface area contributed by atoms with Crippen molar-refractivity contribution in [3.05, 3.63) is 47.2 Å². The average molecular weight is 448 g/mol. The summed E-state index contributed by atoms with van der Waals surface area (Å²) in [5.41, 5.74) is 0.381. The number of aromatic hydroxyl groups is 3. The van der Waals surface area contributed by atoms with E-state index in [-0.39, 0.29) is 34.3 Å². The summed E-state index contributed by atoms with van der Waals surface area (Å²) in [6, 6.07) is 6.43. The van der Waals surface area contributed by atoms with Crippen molar-refractivity contribution in [1.82, 2.24) is 0 Å². The summed E-state index contributed by atoms with van der Waals surface area (Å²) in [5.74, 6) is -2.48. The highest BCUT2D eigenvalue weighted by Crippen LogP contribution is 2.45. The molecule has 2 aromatic rings. The first-order valence-corrected chi connectivity index (χ1v) is 9.50. The Bertz CT molecular complexity index is 1080. The maximum Gasteiger partial charge on any atom is 0.232 e. The molecule has 32 heavy (non-hydrogen) atoms. The van der Waals surface area contributed by atoms with E-state index in [1.807, 2.05) is 0 Å². The van der Waals surface area contributed by atoms with E-state index in [1.165, 1.54) is 36.4 Å². The zero-order chi connectivity index (χ0) is 23.2. The number of rotatable bonds is 4. The Morgan fingerprint density at radius 1 is 0.969 bits per heavy atom. The Balaban J connectivity index is 1.59. The summed E-state index contributed by atoms with van der Waals surface area (Å²) in [6.45, 7) is -0.653. The molecule has 11 nitrogen and oxygen atoms in total. The molecule has 2 aromatic carbocycles. The lowest BCUT2D eigenvalue weighted by Crippen LogP contribution is -2.60. The van der Waals surface area contributed by atoms with Crippen molar-refractivity contribution in [1.29, 1.82) is 0 Å². The SMILES string of the molecule is O=C1C(=Cc2ccc(O)c(O)c2)Oc2c1ccc(O[C@H]1O[C@H](CO)[C@@H](O)[C@H](O)[C@H]1O)c2O. The van der Waals surface area contributed by atoms with Crippen molar-refractivity contribution in [3.8, 4) is 28.7 Å². The van der Waals surface area contributed by atoms with Crippen LogP contribution in [0, 0.1) is 0 Å². The molecule has 0 aromatic heterocycles. The standard InChI is InChI=1S/C21H20O11/c22-7-14-16(26)18(28)19(29)21(32-14)31-12-4-2-9-15(25)13(30-20(9)17(12)27)6-8-1-3-10(23)11(24)5-8/h1-6,14,16,18-19,21-24,26-29H,7H2/t14-,16-,18+,19-,21+/m1/s1. The van der Waals surface area contributed by atoms with Crippen molar-refractivity contribution in [2.45, 2.75) is 30.7 Å². The van der Waals surface area contributed by atoms with E-state index in [0.29, 0.717) is 5.56 Å². The lowest BCUT2D eigenvalue weighted by molar-refractivity contribution is -0.277. The molecule has 0 bridgehead atoms. The number of aliphatic hydroxyl groups excluding tert-OH is 4. The van der Waals surface area contributed by atoms with Crippen LogP contribution in [0.25, 0.3) is 6.08 Å². The predicted molar refractivity (Wildman–Crippen MR) is 105 cm³/mol. The van der Waals surface area contributed by atoms with Crippen LogP contribution < -0.4 is 9.47 Å². The highest BCUT2D eigenvalue weighted by molar-refractivity contribution is 6.15. The lowest BCUT2D eigenvalue weighted by Gasteiger charge is -2.39. The molecule has 7 N–H and O–H groups in total. The van der Waals surface area contributed by atoms with Gasteiger partial charge in [-0.25, -0.2) is 0 Å². The van der Waals surface area contributed by atoms with Gasteiger partial charge in [-0.3, -0.25) is 4.79 Å². The minimum absolute atomic E-state index is 0.0258. The van der Waals surface area contributed by atoms with Gasteiger partial charge in [-0.1, -0.05) is 6.07 Å². The molecule has 170 valence electrons. The van der Waals surface area contributed by atoms with Gasteiger partial charge in [0.05, 0.1) is 12.2 Å². The van der Waals surface area contributed by atoms with E-state index < -0.39 is 48.8 Å². The third-order valence-corrected chi connectivity index (χ3v) is 5.16. The molecule has 11 heteroatoms. The Labute approximate surface area is 180 Å². The van der Waals surface area contributed by atoms with Crippen molar-refractivity contribution >= 4 is 11.9 Å². The van der Waals surface area contributed by atoms with Crippen LogP contribution in [0.4, 0.5) is 0 Å². The number of ketones is 1. The van der Waals surface area contributed by atoms with E-state index in [1.54, 1.807) is 0 Å². The molecule has 0 saturated carbocycles. The van der Waals surface area contributed by atoms with Crippen LogP contribution in [-0.4, -0.2) is 78.8 Å². The van der Waals surface area contributed by atoms with Gasteiger partial charge in [0.1, 0.15) is 24.4 Å². The average Bonchev–Trinajstić information content (AvgIpc) is 3.09. The molecule has 0 aliphatic carbocycles. The summed E-state index contributed by atoms with van der Waals surface area (Å²) >= 11 is 0. The second-order valence-electron chi connectivity index (χ2n) is 7.29. The second-order valence-corrected chi connectivity index (χ2v) is 7.29. The zero-order valence-electron chi connectivity index (χ0n) is 16.3. The molecule has 5 atom stereocenters. The molecular weight excluding hydrogens is 428 g/mol. The largest absolute Gasteiger partial charge is 0.504 e. The molecule has 0 radical (unpaired) electrons. The monoisotopic (exact) mass is 448 g/mol. The number of Topliss-reactive ketones (excluding diaryl/α,β-unsaturated/α-hetero) is 1. The van der Waals surface area contributed by atoms with Crippen LogP contribution in [0.1, 0.15) is 15.9 Å². The molecule has 0 spiro atoms. The summed E-state index contributed by atoms with van der Waals surface area (Å²) in [4.78, 5) is 12.6. The highest BCUT2D eigenvalue weighted by Gasteiger charge is 2.45. The Morgan fingerprint density at radius 2 is 1.72 bits per heavy atom. The minimum atomic E-state index is -1.69. The number of phenols is 3. The van der Waals surface area contributed by atoms with E-state index in [0.717, 1.165) is 0 Å². The molecule has 1 fully saturated rings. The number of allylic oxidation sites excluding steroid dienone is 1. The van der Waals surface area contributed by atoms with Gasteiger partial charge in [0, 0.05) is 0 Å². The number of hydrogen-bond donors (Lipinski definition) is 7. The van der Waals surface area contributed by atoms with Crippen molar-refractivity contribution < 1.29 is 54.8 Å². The summed E-state index contributed by atoms with van der Waals surface area (Å²) < 4.78 is 16.1. The van der Waals surface area contributed by atoms with Crippen LogP contribution in [-0.2, 0) is 4.74 Å². The van der Waals surface area contributed by atoms with Crippen molar-refractivity contribution in [2.75, 3.05) is 6.61 Å². The van der Waals surface area contributed by atoms with Gasteiger partial charge in [0.2, 0.25) is 17.8 Å². The number of ether oxygens (including phenoxy) is 3. The van der Waals surface area contributed by atoms with Crippen LogP contribution >= 0.6 is 0 Å². The number of phenolic OH excluding ortho intramolecular Hbond substituents is 3. The number of hydrogen-bond acceptors (Lipinski definition) is 11. The van der Waals surface area contributed by atoms with Gasteiger partial charge < -0.3 is 50.0 Å². The number of carbonyl (C=O) groups excluding carboxylic acids is 1. The summed E-state index contributed by atoms with van der Waals surface area (Å²) in [6.07, 6.45) is -6.38. The topological polar surface area (TPSA) is 186 Å². The van der Waals surface area contributed by atoms with Crippen molar-refractivity contribution in [2.24, 2.45) is 0 Å². The number of aliphatic hydroxyl groups is 4. The van der Waals surface area contributed by atoms with Crippen LogP contribution in [0.2, 0.25) is 0 Å². The van der Waals surface area contributed by atoms with Crippen LogP contribution in [0.15, 0.2) is 36.1 Å². The zero-order valence-corrected chi connectivity index (χ0v) is 16.3. The summed E-state index contributed by atoms with van der Waals surface area (Å²) in [5, 5.41) is 68.6. The van der Waals surface area contributed by atoms with Gasteiger partial charge in [0.25, 0.3) is 0 Å².